The highest BCUT2D eigenvalue weighted by Crippen LogP contribution is 2.37. The fourth-order valence-corrected chi connectivity index (χ4v) is 2.66. The summed E-state index contributed by atoms with van der Waals surface area (Å²) in [5, 5.41) is 23.3. The van der Waals surface area contributed by atoms with Gasteiger partial charge in [-0.3, -0.25) is 14.9 Å². The van der Waals surface area contributed by atoms with Crippen LogP contribution in [0.1, 0.15) is 43.0 Å². The maximum Gasteiger partial charge on any atom is 0.311 e. The molecule has 0 bridgehead atoms. The Labute approximate surface area is 117 Å². The van der Waals surface area contributed by atoms with Crippen molar-refractivity contribution in [1.82, 2.24) is 5.32 Å². The lowest BCUT2D eigenvalue weighted by atomic mass is 9.89. The van der Waals surface area contributed by atoms with Crippen LogP contribution in [0, 0.1) is 15.5 Å². The van der Waals surface area contributed by atoms with Gasteiger partial charge in [-0.2, -0.15) is 0 Å². The van der Waals surface area contributed by atoms with Crippen molar-refractivity contribution in [3.8, 4) is 5.75 Å². The molecule has 1 aromatic carbocycles. The molecule has 1 aliphatic carbocycles. The third kappa shape index (κ3) is 2.89. The lowest BCUT2D eigenvalue weighted by molar-refractivity contribution is -0.385. The van der Waals surface area contributed by atoms with Gasteiger partial charge in [-0.1, -0.05) is 25.8 Å². The Morgan fingerprint density at radius 3 is 2.70 bits per heavy atom. The summed E-state index contributed by atoms with van der Waals surface area (Å²) >= 11 is 0. The molecule has 0 heterocycles. The zero-order valence-corrected chi connectivity index (χ0v) is 11.4. The van der Waals surface area contributed by atoms with Crippen molar-refractivity contribution in [2.75, 3.05) is 6.54 Å². The largest absolute Gasteiger partial charge is 0.502 e. The van der Waals surface area contributed by atoms with Crippen LogP contribution >= 0.6 is 0 Å². The van der Waals surface area contributed by atoms with Crippen molar-refractivity contribution in [3.05, 3.63) is 33.9 Å². The first-order valence-electron chi connectivity index (χ1n) is 6.67. The second-order valence-electron chi connectivity index (χ2n) is 5.63. The third-order valence-corrected chi connectivity index (χ3v) is 3.94. The molecule has 1 saturated carbocycles. The summed E-state index contributed by atoms with van der Waals surface area (Å²) in [5.41, 5.74) is -0.419. The van der Waals surface area contributed by atoms with Crippen LogP contribution in [0.2, 0.25) is 0 Å². The van der Waals surface area contributed by atoms with Crippen LogP contribution in [0.15, 0.2) is 18.2 Å². The number of nitrogens with one attached hydrogen (secondary N) is 1. The molecule has 0 unspecified atom stereocenters. The Balaban J connectivity index is 2.09. The van der Waals surface area contributed by atoms with Crippen LogP contribution < -0.4 is 5.32 Å². The van der Waals surface area contributed by atoms with Gasteiger partial charge in [0.2, 0.25) is 5.75 Å². The van der Waals surface area contributed by atoms with Gasteiger partial charge in [-0.05, 0) is 24.3 Å². The minimum atomic E-state index is -0.704. The van der Waals surface area contributed by atoms with Gasteiger partial charge >= 0.3 is 5.69 Å². The SMILES string of the molecule is CC1(CNC(=O)c2cccc([N+](=O)[O-])c2O)CCCC1. The first-order chi connectivity index (χ1) is 9.43. The molecule has 2 N–H and O–H groups in total. The number of nitro groups is 1. The van der Waals surface area contributed by atoms with Crippen molar-refractivity contribution in [2.24, 2.45) is 5.41 Å². The summed E-state index contributed by atoms with van der Waals surface area (Å²) in [6, 6.07) is 3.95. The van der Waals surface area contributed by atoms with Gasteiger partial charge in [0.15, 0.2) is 0 Å². The minimum absolute atomic E-state index is 0.0548. The molecule has 0 aromatic heterocycles. The molecule has 0 spiro atoms. The van der Waals surface area contributed by atoms with E-state index in [2.05, 4.69) is 12.2 Å². The number of carbonyl (C=O) groups excluding carboxylic acids is 1. The number of rotatable bonds is 4. The fourth-order valence-electron chi connectivity index (χ4n) is 2.66. The first-order valence-corrected chi connectivity index (χ1v) is 6.67. The Kier molecular flexibility index (Phi) is 3.92. The molecule has 0 aliphatic heterocycles. The highest BCUT2D eigenvalue weighted by Gasteiger charge is 2.29. The highest BCUT2D eigenvalue weighted by molar-refractivity contribution is 5.98. The van der Waals surface area contributed by atoms with Gasteiger partial charge in [-0.15, -0.1) is 0 Å². The Morgan fingerprint density at radius 2 is 2.10 bits per heavy atom. The number of hydrogen-bond donors (Lipinski definition) is 2. The topological polar surface area (TPSA) is 92.5 Å². The van der Waals surface area contributed by atoms with E-state index >= 15 is 0 Å². The van der Waals surface area contributed by atoms with E-state index in [4.69, 9.17) is 0 Å². The van der Waals surface area contributed by atoms with Crippen molar-refractivity contribution in [2.45, 2.75) is 32.6 Å². The molecule has 1 aromatic rings. The van der Waals surface area contributed by atoms with Gasteiger partial charge in [0, 0.05) is 12.6 Å². The van der Waals surface area contributed by atoms with E-state index in [9.17, 15) is 20.0 Å². The van der Waals surface area contributed by atoms with Crippen molar-refractivity contribution in [1.29, 1.82) is 0 Å². The predicted molar refractivity (Wildman–Crippen MR) is 73.7 cm³/mol. The van der Waals surface area contributed by atoms with E-state index in [1.54, 1.807) is 0 Å². The van der Waals surface area contributed by atoms with Gasteiger partial charge in [0.05, 0.1) is 10.5 Å². The van der Waals surface area contributed by atoms with E-state index < -0.39 is 22.3 Å². The third-order valence-electron chi connectivity index (χ3n) is 3.94. The molecule has 1 aliphatic rings. The molecule has 0 saturated heterocycles. The monoisotopic (exact) mass is 278 g/mol. The van der Waals surface area contributed by atoms with E-state index in [1.165, 1.54) is 18.2 Å². The van der Waals surface area contributed by atoms with Crippen LogP contribution in [0.4, 0.5) is 5.69 Å². The molecule has 2 rings (SSSR count). The molecule has 0 radical (unpaired) electrons. The van der Waals surface area contributed by atoms with E-state index in [0.717, 1.165) is 25.7 Å². The van der Waals surface area contributed by atoms with Crippen LogP contribution in [0.5, 0.6) is 5.75 Å². The number of aromatic hydroxyl groups is 1. The number of phenolic OH excluding ortho intramolecular Hbond substituents is 1. The number of para-hydroxylation sites is 1. The second-order valence-corrected chi connectivity index (χ2v) is 5.63. The number of carbonyl (C=O) groups is 1. The Morgan fingerprint density at radius 1 is 1.45 bits per heavy atom. The number of nitrogens with zero attached hydrogens (tertiary/aromatic N) is 1. The summed E-state index contributed by atoms with van der Waals surface area (Å²) in [5.74, 6) is -1.05. The van der Waals surface area contributed by atoms with Crippen molar-refractivity contribution < 1.29 is 14.8 Å². The normalized spacial score (nSPS) is 16.9. The molecule has 0 atom stereocenters. The van der Waals surface area contributed by atoms with Crippen LogP contribution in [-0.2, 0) is 0 Å². The molecular formula is C14H18N2O4. The van der Waals surface area contributed by atoms with Gasteiger partial charge in [0.1, 0.15) is 0 Å². The molecule has 6 heteroatoms. The zero-order chi connectivity index (χ0) is 14.8. The standard InChI is InChI=1S/C14H18N2O4/c1-14(7-2-3-8-14)9-15-13(18)10-5-4-6-11(12(10)17)16(19)20/h4-6,17H,2-3,7-9H2,1H3,(H,15,18). The van der Waals surface area contributed by atoms with Gasteiger partial charge in [-0.25, -0.2) is 0 Å². The summed E-state index contributed by atoms with van der Waals surface area (Å²) in [6.07, 6.45) is 4.45. The lowest BCUT2D eigenvalue weighted by Gasteiger charge is -2.23. The second kappa shape index (κ2) is 5.48. The molecule has 1 amide bonds. The fraction of sp³-hybridized carbons (Fsp3) is 0.500. The molecular weight excluding hydrogens is 260 g/mol. The van der Waals surface area contributed by atoms with Gasteiger partial charge in [0.25, 0.3) is 5.91 Å². The summed E-state index contributed by atoms with van der Waals surface area (Å²) < 4.78 is 0. The molecule has 6 nitrogen and oxygen atoms in total. The average Bonchev–Trinajstić information content (AvgIpc) is 2.83. The number of benzene rings is 1. The molecule has 108 valence electrons. The predicted octanol–water partition coefficient (Wildman–Crippen LogP) is 2.61. The summed E-state index contributed by atoms with van der Waals surface area (Å²) in [4.78, 5) is 22.1. The van der Waals surface area contributed by atoms with Gasteiger partial charge < -0.3 is 10.4 Å². The summed E-state index contributed by atoms with van der Waals surface area (Å²) in [6.45, 7) is 2.64. The molecule has 20 heavy (non-hydrogen) atoms. The van der Waals surface area contributed by atoms with Crippen molar-refractivity contribution >= 4 is 11.6 Å². The Bertz CT molecular complexity index is 536. The number of hydrogen-bond acceptors (Lipinski definition) is 4. The maximum absolute atomic E-state index is 12.0. The smallest absolute Gasteiger partial charge is 0.311 e. The molecule has 1 fully saturated rings. The van der Waals surface area contributed by atoms with Crippen LogP contribution in [-0.4, -0.2) is 22.5 Å². The number of nitro benzene ring substituents is 1. The summed E-state index contributed by atoms with van der Waals surface area (Å²) in [7, 11) is 0. The van der Waals surface area contributed by atoms with E-state index in [0.29, 0.717) is 6.54 Å². The van der Waals surface area contributed by atoms with Crippen molar-refractivity contribution in [3.63, 3.8) is 0 Å². The maximum atomic E-state index is 12.0. The average molecular weight is 278 g/mol. The zero-order valence-electron chi connectivity index (χ0n) is 11.4. The number of phenols is 1. The Hall–Kier alpha value is -2.11. The first kappa shape index (κ1) is 14.3. The lowest BCUT2D eigenvalue weighted by Crippen LogP contribution is -2.34. The van der Waals surface area contributed by atoms with E-state index in [1.807, 2.05) is 0 Å². The number of amides is 1. The quantitative estimate of drug-likeness (QED) is 0.654. The minimum Gasteiger partial charge on any atom is -0.502 e. The van der Waals surface area contributed by atoms with Crippen LogP contribution in [0.25, 0.3) is 0 Å². The highest BCUT2D eigenvalue weighted by atomic mass is 16.6. The van der Waals surface area contributed by atoms with Crippen LogP contribution in [0.3, 0.4) is 0 Å². The van der Waals surface area contributed by atoms with E-state index in [-0.39, 0.29) is 11.0 Å².